The van der Waals surface area contributed by atoms with Gasteiger partial charge in [0.1, 0.15) is 5.82 Å². The van der Waals surface area contributed by atoms with Crippen LogP contribution >= 0.6 is 11.8 Å². The van der Waals surface area contributed by atoms with E-state index in [9.17, 15) is 14.4 Å². The lowest BCUT2D eigenvalue weighted by Gasteiger charge is -2.21. The van der Waals surface area contributed by atoms with Crippen LogP contribution < -0.4 is 10.6 Å². The zero-order valence-corrected chi connectivity index (χ0v) is 20.1. The maximum absolute atomic E-state index is 13.0. The third-order valence-electron chi connectivity index (χ3n) is 5.70. The first-order chi connectivity index (χ1) is 15.9. The van der Waals surface area contributed by atoms with Crippen molar-refractivity contribution in [1.82, 2.24) is 15.2 Å². The fraction of sp³-hybridized carbons (Fsp3) is 0.440. The van der Waals surface area contributed by atoms with Crippen LogP contribution in [0.5, 0.6) is 0 Å². The van der Waals surface area contributed by atoms with Crippen molar-refractivity contribution < 1.29 is 14.4 Å². The smallest absolute Gasteiger partial charge is 0.255 e. The molecule has 176 valence electrons. The van der Waals surface area contributed by atoms with Gasteiger partial charge < -0.3 is 15.5 Å². The van der Waals surface area contributed by atoms with Crippen LogP contribution in [0, 0.1) is 12.8 Å². The molecule has 8 heteroatoms. The molecule has 7 nitrogen and oxygen atoms in total. The van der Waals surface area contributed by atoms with E-state index in [0.29, 0.717) is 17.3 Å². The Hall–Kier alpha value is -2.87. The van der Waals surface area contributed by atoms with Gasteiger partial charge in [0.15, 0.2) is 0 Å². The number of carbonyl (C=O) groups is 3. The number of carbonyl (C=O) groups excluding carboxylic acids is 3. The molecule has 1 fully saturated rings. The Morgan fingerprint density at radius 2 is 1.85 bits per heavy atom. The molecule has 0 unspecified atom stereocenters. The summed E-state index contributed by atoms with van der Waals surface area (Å²) in [5, 5.41) is 5.75. The van der Waals surface area contributed by atoms with Crippen LogP contribution in [0.2, 0.25) is 0 Å². The molecule has 2 aromatic rings. The van der Waals surface area contributed by atoms with E-state index in [2.05, 4.69) is 15.6 Å². The molecule has 1 saturated carbocycles. The molecule has 1 heterocycles. The number of hydrogen-bond acceptors (Lipinski definition) is 5. The number of pyridine rings is 1. The number of amides is 3. The SMILES string of the molecule is Cc1ccnc(NC(=O)CN(C)C(=O)c2ccccc2SCC(=O)NCC2CCCCC2)c1. The molecular weight excluding hydrogens is 436 g/mol. The molecule has 1 aliphatic carbocycles. The van der Waals surface area contributed by atoms with Gasteiger partial charge in [-0.25, -0.2) is 4.98 Å². The molecule has 33 heavy (non-hydrogen) atoms. The number of likely N-dealkylation sites (N-methyl/N-ethyl adjacent to an activating group) is 1. The van der Waals surface area contributed by atoms with E-state index in [1.165, 1.54) is 48.8 Å². The Balaban J connectivity index is 1.51. The van der Waals surface area contributed by atoms with Gasteiger partial charge in [-0.05, 0) is 55.5 Å². The molecule has 0 saturated heterocycles. The summed E-state index contributed by atoms with van der Waals surface area (Å²) in [6, 6.07) is 10.8. The summed E-state index contributed by atoms with van der Waals surface area (Å²) in [7, 11) is 1.59. The van der Waals surface area contributed by atoms with E-state index in [1.807, 2.05) is 25.1 Å². The van der Waals surface area contributed by atoms with Crippen LogP contribution in [0.15, 0.2) is 47.5 Å². The number of rotatable bonds is 9. The van der Waals surface area contributed by atoms with Crippen LogP contribution in [0.25, 0.3) is 0 Å². The molecule has 0 bridgehead atoms. The minimum Gasteiger partial charge on any atom is -0.355 e. The first kappa shape index (κ1) is 24.8. The summed E-state index contributed by atoms with van der Waals surface area (Å²) in [5.41, 5.74) is 1.46. The second-order valence-corrected chi connectivity index (χ2v) is 9.54. The maximum Gasteiger partial charge on any atom is 0.255 e. The van der Waals surface area contributed by atoms with Gasteiger partial charge in [-0.1, -0.05) is 31.4 Å². The third kappa shape index (κ3) is 7.89. The highest BCUT2D eigenvalue weighted by Crippen LogP contribution is 2.25. The molecule has 0 spiro atoms. The van der Waals surface area contributed by atoms with Crippen molar-refractivity contribution in [2.45, 2.75) is 43.9 Å². The monoisotopic (exact) mass is 468 g/mol. The Morgan fingerprint density at radius 3 is 2.61 bits per heavy atom. The van der Waals surface area contributed by atoms with Crippen molar-refractivity contribution in [3.8, 4) is 0 Å². The van der Waals surface area contributed by atoms with Crippen molar-refractivity contribution in [2.75, 3.05) is 31.2 Å². The van der Waals surface area contributed by atoms with E-state index in [1.54, 1.807) is 31.4 Å². The number of aryl methyl sites for hydroxylation is 1. The summed E-state index contributed by atoms with van der Waals surface area (Å²) in [5.74, 6) is 0.670. The van der Waals surface area contributed by atoms with Gasteiger partial charge >= 0.3 is 0 Å². The summed E-state index contributed by atoms with van der Waals surface area (Å²) in [4.78, 5) is 43.9. The number of hydrogen-bond donors (Lipinski definition) is 2. The zero-order chi connectivity index (χ0) is 23.6. The standard InChI is InChI=1S/C25H32N4O3S/c1-18-12-13-26-22(14-18)28-23(30)16-29(2)25(32)20-10-6-7-11-21(20)33-17-24(31)27-15-19-8-4-3-5-9-19/h6-7,10-14,19H,3-5,8-9,15-17H2,1-2H3,(H,27,31)(H,26,28,30). The quantitative estimate of drug-likeness (QED) is 0.545. The predicted octanol–water partition coefficient (Wildman–Crippen LogP) is 3.89. The van der Waals surface area contributed by atoms with E-state index in [-0.39, 0.29) is 30.0 Å². The molecule has 3 amide bonds. The lowest BCUT2D eigenvalue weighted by molar-refractivity contribution is -0.119. The van der Waals surface area contributed by atoms with Gasteiger partial charge in [0, 0.05) is 24.7 Å². The maximum atomic E-state index is 13.0. The number of anilines is 1. The number of benzene rings is 1. The van der Waals surface area contributed by atoms with Gasteiger partial charge in [-0.3, -0.25) is 14.4 Å². The molecular formula is C25H32N4O3S. The van der Waals surface area contributed by atoms with Gasteiger partial charge in [-0.15, -0.1) is 11.8 Å². The molecule has 0 atom stereocenters. The molecule has 1 aliphatic rings. The molecule has 1 aromatic carbocycles. The van der Waals surface area contributed by atoms with Crippen molar-refractivity contribution in [3.05, 3.63) is 53.7 Å². The average Bonchev–Trinajstić information content (AvgIpc) is 2.81. The van der Waals surface area contributed by atoms with Crippen molar-refractivity contribution in [2.24, 2.45) is 5.92 Å². The highest BCUT2D eigenvalue weighted by molar-refractivity contribution is 8.00. The number of nitrogens with zero attached hydrogens (tertiary/aromatic N) is 2. The largest absolute Gasteiger partial charge is 0.355 e. The third-order valence-corrected chi connectivity index (χ3v) is 6.77. The van der Waals surface area contributed by atoms with Crippen LogP contribution in [-0.2, 0) is 9.59 Å². The first-order valence-corrected chi connectivity index (χ1v) is 12.4. The van der Waals surface area contributed by atoms with E-state index in [0.717, 1.165) is 17.0 Å². The molecule has 0 aliphatic heterocycles. The van der Waals surface area contributed by atoms with Crippen molar-refractivity contribution >= 4 is 35.3 Å². The van der Waals surface area contributed by atoms with Gasteiger partial charge in [0.2, 0.25) is 11.8 Å². The highest BCUT2D eigenvalue weighted by Gasteiger charge is 2.19. The van der Waals surface area contributed by atoms with E-state index >= 15 is 0 Å². The number of nitrogens with one attached hydrogen (secondary N) is 2. The first-order valence-electron chi connectivity index (χ1n) is 11.4. The average molecular weight is 469 g/mol. The van der Waals surface area contributed by atoms with Crippen molar-refractivity contribution in [3.63, 3.8) is 0 Å². The Kier molecular flexibility index (Phi) is 9.30. The normalized spacial score (nSPS) is 13.9. The molecule has 1 aromatic heterocycles. The van der Waals surface area contributed by atoms with Crippen molar-refractivity contribution in [1.29, 1.82) is 0 Å². The lowest BCUT2D eigenvalue weighted by Crippen LogP contribution is -2.35. The summed E-state index contributed by atoms with van der Waals surface area (Å²) in [6.45, 7) is 2.54. The van der Waals surface area contributed by atoms with Crippen LogP contribution in [0.4, 0.5) is 5.82 Å². The van der Waals surface area contributed by atoms with Gasteiger partial charge in [0.05, 0.1) is 17.9 Å². The lowest BCUT2D eigenvalue weighted by atomic mass is 9.89. The second-order valence-electron chi connectivity index (χ2n) is 8.52. The van der Waals surface area contributed by atoms with Crippen LogP contribution in [-0.4, -0.2) is 53.5 Å². The van der Waals surface area contributed by atoms with E-state index < -0.39 is 0 Å². The molecule has 2 N–H and O–H groups in total. The second kappa shape index (κ2) is 12.4. The molecule has 0 radical (unpaired) electrons. The fourth-order valence-corrected chi connectivity index (χ4v) is 4.77. The minimum atomic E-state index is -0.323. The predicted molar refractivity (Wildman–Crippen MR) is 131 cm³/mol. The summed E-state index contributed by atoms with van der Waals surface area (Å²) < 4.78 is 0. The Bertz CT molecular complexity index is 976. The summed E-state index contributed by atoms with van der Waals surface area (Å²) >= 11 is 1.34. The topological polar surface area (TPSA) is 91.4 Å². The zero-order valence-electron chi connectivity index (χ0n) is 19.3. The van der Waals surface area contributed by atoms with Crippen LogP contribution in [0.3, 0.4) is 0 Å². The van der Waals surface area contributed by atoms with Gasteiger partial charge in [-0.2, -0.15) is 0 Å². The fourth-order valence-electron chi connectivity index (χ4n) is 3.89. The Morgan fingerprint density at radius 1 is 1.09 bits per heavy atom. The number of thioether (sulfide) groups is 1. The summed E-state index contributed by atoms with van der Waals surface area (Å²) in [6.07, 6.45) is 7.79. The van der Waals surface area contributed by atoms with E-state index in [4.69, 9.17) is 0 Å². The Labute approximate surface area is 199 Å². The van der Waals surface area contributed by atoms with Crippen LogP contribution in [0.1, 0.15) is 48.0 Å². The molecule has 3 rings (SSSR count). The highest BCUT2D eigenvalue weighted by atomic mass is 32.2. The van der Waals surface area contributed by atoms with Gasteiger partial charge in [0.25, 0.3) is 5.91 Å². The minimum absolute atomic E-state index is 0.0220. The number of aromatic nitrogens is 1.